The molecule has 0 fully saturated rings. The van der Waals surface area contributed by atoms with E-state index in [-0.39, 0.29) is 16.6 Å². The standard InChI is InChI=1S/C17H14ClN3O4S2/c1-26-17-19-14(10-13-6-7-15(27-13)21(23)24)16(22)20(17)8-9-25-12-4-2-11(18)3-5-12/h2-7,10H,8-9H2,1H3/b14-10-. The van der Waals surface area contributed by atoms with Crippen LogP contribution in [0.5, 0.6) is 5.75 Å². The molecule has 3 rings (SSSR count). The highest BCUT2D eigenvalue weighted by molar-refractivity contribution is 8.13. The van der Waals surface area contributed by atoms with Gasteiger partial charge < -0.3 is 4.74 Å². The van der Waals surface area contributed by atoms with E-state index in [0.29, 0.717) is 34.0 Å². The van der Waals surface area contributed by atoms with Crippen molar-refractivity contribution in [3.05, 3.63) is 62.1 Å². The molecule has 140 valence electrons. The molecule has 0 bridgehead atoms. The first-order chi connectivity index (χ1) is 13.0. The van der Waals surface area contributed by atoms with Crippen LogP contribution in [-0.4, -0.2) is 40.3 Å². The lowest BCUT2D eigenvalue weighted by molar-refractivity contribution is -0.380. The molecule has 1 aliphatic heterocycles. The first-order valence-electron chi connectivity index (χ1n) is 7.77. The van der Waals surface area contributed by atoms with Crippen molar-refractivity contribution < 1.29 is 14.5 Å². The number of ether oxygens (including phenoxy) is 1. The molecule has 0 saturated carbocycles. The van der Waals surface area contributed by atoms with Crippen molar-refractivity contribution in [3.63, 3.8) is 0 Å². The summed E-state index contributed by atoms with van der Waals surface area (Å²) in [6.07, 6.45) is 3.40. The molecular formula is C17H14ClN3O4S2. The lowest BCUT2D eigenvalue weighted by atomic mass is 10.3. The summed E-state index contributed by atoms with van der Waals surface area (Å²) in [7, 11) is 0. The molecule has 0 spiro atoms. The summed E-state index contributed by atoms with van der Waals surface area (Å²) in [5, 5.41) is 12.0. The molecular weight excluding hydrogens is 410 g/mol. The van der Waals surface area contributed by atoms with Gasteiger partial charge in [0.1, 0.15) is 18.1 Å². The number of hydrogen-bond acceptors (Lipinski definition) is 7. The second-order valence-corrected chi connectivity index (χ2v) is 7.62. The van der Waals surface area contributed by atoms with Crippen LogP contribution in [0.25, 0.3) is 6.08 Å². The fourth-order valence-corrected chi connectivity index (χ4v) is 3.79. The summed E-state index contributed by atoms with van der Waals surface area (Å²) in [5.41, 5.74) is 0.252. The number of amides is 1. The second-order valence-electron chi connectivity index (χ2n) is 5.32. The molecule has 0 radical (unpaired) electrons. The number of benzene rings is 1. The molecule has 1 aromatic heterocycles. The van der Waals surface area contributed by atoms with Crippen LogP contribution in [0, 0.1) is 10.1 Å². The van der Waals surface area contributed by atoms with Crippen molar-refractivity contribution in [1.29, 1.82) is 0 Å². The van der Waals surface area contributed by atoms with Gasteiger partial charge in [0.15, 0.2) is 5.17 Å². The van der Waals surface area contributed by atoms with E-state index >= 15 is 0 Å². The molecule has 10 heteroatoms. The molecule has 0 aliphatic carbocycles. The Hall–Kier alpha value is -2.36. The normalized spacial score (nSPS) is 15.3. The summed E-state index contributed by atoms with van der Waals surface area (Å²) in [6.45, 7) is 0.633. The number of thiophene rings is 1. The Bertz CT molecular complexity index is 925. The van der Waals surface area contributed by atoms with Gasteiger partial charge in [0.2, 0.25) is 0 Å². The molecule has 27 heavy (non-hydrogen) atoms. The number of aliphatic imine (C=N–C) groups is 1. The zero-order chi connectivity index (χ0) is 19.4. The molecule has 0 unspecified atom stereocenters. The molecule has 1 amide bonds. The second kappa shape index (κ2) is 8.55. The zero-order valence-electron chi connectivity index (χ0n) is 14.1. The van der Waals surface area contributed by atoms with Crippen LogP contribution in [0.15, 0.2) is 47.1 Å². The van der Waals surface area contributed by atoms with Crippen molar-refractivity contribution in [2.45, 2.75) is 0 Å². The first-order valence-corrected chi connectivity index (χ1v) is 10.2. The highest BCUT2D eigenvalue weighted by Crippen LogP contribution is 2.28. The van der Waals surface area contributed by atoms with Crippen LogP contribution in [0.4, 0.5) is 5.00 Å². The van der Waals surface area contributed by atoms with Crippen molar-refractivity contribution in [2.24, 2.45) is 4.99 Å². The van der Waals surface area contributed by atoms with Crippen LogP contribution < -0.4 is 4.74 Å². The van der Waals surface area contributed by atoms with Crippen molar-refractivity contribution in [1.82, 2.24) is 4.90 Å². The largest absolute Gasteiger partial charge is 0.492 e. The molecule has 1 aliphatic rings. The molecule has 0 atom stereocenters. The van der Waals surface area contributed by atoms with Crippen molar-refractivity contribution in [2.75, 3.05) is 19.4 Å². The molecule has 0 N–H and O–H groups in total. The molecule has 2 aromatic rings. The average molecular weight is 424 g/mol. The molecule has 0 saturated heterocycles. The summed E-state index contributed by atoms with van der Waals surface area (Å²) in [4.78, 5) is 29.4. The van der Waals surface area contributed by atoms with Gasteiger partial charge in [0.25, 0.3) is 5.91 Å². The third-order valence-corrected chi connectivity index (χ3v) is 5.48. The Morgan fingerprint density at radius 3 is 2.70 bits per heavy atom. The number of nitrogens with zero attached hydrogens (tertiary/aromatic N) is 3. The third kappa shape index (κ3) is 4.68. The number of nitro groups is 1. The number of rotatable bonds is 6. The maximum atomic E-state index is 12.6. The third-order valence-electron chi connectivity index (χ3n) is 3.56. The topological polar surface area (TPSA) is 85.0 Å². The van der Waals surface area contributed by atoms with Crippen molar-refractivity contribution in [3.8, 4) is 5.75 Å². The van der Waals surface area contributed by atoms with Crippen LogP contribution in [-0.2, 0) is 4.79 Å². The quantitative estimate of drug-likeness (QED) is 0.393. The van der Waals surface area contributed by atoms with Gasteiger partial charge in [-0.2, -0.15) is 0 Å². The van der Waals surface area contributed by atoms with Gasteiger partial charge in [-0.3, -0.25) is 19.8 Å². The van der Waals surface area contributed by atoms with Crippen molar-refractivity contribution >= 4 is 56.9 Å². The minimum absolute atomic E-state index is 0.0228. The molecule has 2 heterocycles. The lowest BCUT2D eigenvalue weighted by Gasteiger charge is -2.17. The van der Waals surface area contributed by atoms with Gasteiger partial charge in [0.05, 0.1) is 11.5 Å². The maximum Gasteiger partial charge on any atom is 0.324 e. The highest BCUT2D eigenvalue weighted by atomic mass is 35.5. The zero-order valence-corrected chi connectivity index (χ0v) is 16.5. The minimum atomic E-state index is -0.458. The van der Waals surface area contributed by atoms with E-state index in [1.54, 1.807) is 36.4 Å². The monoisotopic (exact) mass is 423 g/mol. The number of amidine groups is 1. The smallest absolute Gasteiger partial charge is 0.324 e. The molecule has 7 nitrogen and oxygen atoms in total. The molecule has 1 aromatic carbocycles. The Kier molecular flexibility index (Phi) is 6.15. The van der Waals surface area contributed by atoms with E-state index in [1.165, 1.54) is 22.7 Å². The van der Waals surface area contributed by atoms with Gasteiger partial charge in [0, 0.05) is 16.0 Å². The van der Waals surface area contributed by atoms with E-state index in [9.17, 15) is 14.9 Å². The van der Waals surface area contributed by atoms with Gasteiger partial charge >= 0.3 is 5.00 Å². The fraction of sp³-hybridized carbons (Fsp3) is 0.176. The van der Waals surface area contributed by atoms with Gasteiger partial charge in [-0.15, -0.1) is 0 Å². The van der Waals surface area contributed by atoms with Gasteiger partial charge in [-0.25, -0.2) is 4.99 Å². The van der Waals surface area contributed by atoms with Gasteiger partial charge in [-0.1, -0.05) is 34.7 Å². The Labute approximate surface area is 168 Å². The Morgan fingerprint density at radius 1 is 1.33 bits per heavy atom. The van der Waals surface area contributed by atoms with E-state index in [2.05, 4.69) is 4.99 Å². The van der Waals surface area contributed by atoms with E-state index < -0.39 is 4.92 Å². The first kappa shape index (κ1) is 19.4. The van der Waals surface area contributed by atoms with Gasteiger partial charge in [-0.05, 0) is 42.7 Å². The van der Waals surface area contributed by atoms with Crippen LogP contribution in [0.2, 0.25) is 5.02 Å². The predicted octanol–water partition coefficient (Wildman–Crippen LogP) is 4.29. The Morgan fingerprint density at radius 2 is 2.07 bits per heavy atom. The van der Waals surface area contributed by atoms with Crippen LogP contribution in [0.3, 0.4) is 0 Å². The lowest BCUT2D eigenvalue weighted by Crippen LogP contribution is -2.34. The number of carbonyl (C=O) groups excluding carboxylic acids is 1. The highest BCUT2D eigenvalue weighted by Gasteiger charge is 2.29. The fourth-order valence-electron chi connectivity index (χ4n) is 2.32. The summed E-state index contributed by atoms with van der Waals surface area (Å²) >= 11 is 8.19. The maximum absolute atomic E-state index is 12.6. The SMILES string of the molecule is CSC1=N/C(=C\c2ccc([N+](=O)[O-])s2)C(=O)N1CCOc1ccc(Cl)cc1. The summed E-state index contributed by atoms with van der Waals surface area (Å²) < 4.78 is 5.64. The summed E-state index contributed by atoms with van der Waals surface area (Å²) in [5.74, 6) is 0.408. The Balaban J connectivity index is 1.67. The summed E-state index contributed by atoms with van der Waals surface area (Å²) in [6, 6.07) is 9.98. The van der Waals surface area contributed by atoms with E-state index in [4.69, 9.17) is 16.3 Å². The number of carbonyl (C=O) groups is 1. The predicted molar refractivity (Wildman–Crippen MR) is 109 cm³/mol. The average Bonchev–Trinajstić information content (AvgIpc) is 3.23. The van der Waals surface area contributed by atoms with E-state index in [1.807, 2.05) is 6.26 Å². The number of hydrogen-bond donors (Lipinski definition) is 0. The van der Waals surface area contributed by atoms with Crippen LogP contribution >= 0.6 is 34.7 Å². The minimum Gasteiger partial charge on any atom is -0.492 e. The number of halogens is 1. The van der Waals surface area contributed by atoms with E-state index in [0.717, 1.165) is 11.3 Å². The van der Waals surface area contributed by atoms with Crippen LogP contribution in [0.1, 0.15) is 4.88 Å². The number of thioether (sulfide) groups is 1.